The van der Waals surface area contributed by atoms with Crippen LogP contribution in [0.5, 0.6) is 5.75 Å². The van der Waals surface area contributed by atoms with Gasteiger partial charge in [0.1, 0.15) is 12.4 Å². The third kappa shape index (κ3) is 4.40. The molecule has 112 valence electrons. The van der Waals surface area contributed by atoms with E-state index in [4.69, 9.17) is 16.3 Å². The minimum absolute atomic E-state index is 0.509. The number of anilines is 1. The predicted molar refractivity (Wildman–Crippen MR) is 90.7 cm³/mol. The SMILES string of the molecule is Cc1ccc(C(C)C)cc1OCCNc1ccccc1Cl. The normalized spacial score (nSPS) is 10.7. The number of ether oxygens (including phenoxy) is 1. The van der Waals surface area contributed by atoms with Crippen molar-refractivity contribution in [3.05, 3.63) is 58.6 Å². The quantitative estimate of drug-likeness (QED) is 0.735. The molecule has 1 N–H and O–H groups in total. The molecule has 0 aliphatic heterocycles. The van der Waals surface area contributed by atoms with E-state index in [1.165, 1.54) is 5.56 Å². The van der Waals surface area contributed by atoms with E-state index in [0.29, 0.717) is 12.5 Å². The molecule has 0 aliphatic carbocycles. The summed E-state index contributed by atoms with van der Waals surface area (Å²) in [5, 5.41) is 4.02. The van der Waals surface area contributed by atoms with Gasteiger partial charge in [-0.15, -0.1) is 0 Å². The van der Waals surface area contributed by atoms with Crippen LogP contribution in [-0.4, -0.2) is 13.2 Å². The number of nitrogens with one attached hydrogen (secondary N) is 1. The van der Waals surface area contributed by atoms with Crippen LogP contribution in [-0.2, 0) is 0 Å². The second-order valence-electron chi connectivity index (χ2n) is 5.43. The molecule has 0 fully saturated rings. The summed E-state index contributed by atoms with van der Waals surface area (Å²) in [4.78, 5) is 0. The molecule has 0 saturated carbocycles. The Hall–Kier alpha value is -1.67. The molecule has 0 amide bonds. The maximum atomic E-state index is 6.10. The number of para-hydroxylation sites is 1. The summed E-state index contributed by atoms with van der Waals surface area (Å²) in [6, 6.07) is 14.1. The number of hydrogen-bond donors (Lipinski definition) is 1. The highest BCUT2D eigenvalue weighted by Crippen LogP contribution is 2.24. The van der Waals surface area contributed by atoms with Crippen LogP contribution in [0.1, 0.15) is 30.9 Å². The molecule has 0 spiro atoms. The lowest BCUT2D eigenvalue weighted by Crippen LogP contribution is -2.12. The van der Waals surface area contributed by atoms with Crippen LogP contribution in [0, 0.1) is 6.92 Å². The highest BCUT2D eigenvalue weighted by atomic mass is 35.5. The summed E-state index contributed by atoms with van der Waals surface area (Å²) in [5.41, 5.74) is 3.40. The average molecular weight is 304 g/mol. The van der Waals surface area contributed by atoms with E-state index in [9.17, 15) is 0 Å². The first kappa shape index (κ1) is 15.7. The Balaban J connectivity index is 1.89. The fourth-order valence-corrected chi connectivity index (χ4v) is 2.29. The zero-order chi connectivity index (χ0) is 15.2. The van der Waals surface area contributed by atoms with Gasteiger partial charge in [0.25, 0.3) is 0 Å². The lowest BCUT2D eigenvalue weighted by Gasteiger charge is -2.14. The van der Waals surface area contributed by atoms with Crippen LogP contribution < -0.4 is 10.1 Å². The smallest absolute Gasteiger partial charge is 0.122 e. The van der Waals surface area contributed by atoms with Crippen LogP contribution in [0.15, 0.2) is 42.5 Å². The Kier molecular flexibility index (Phi) is 5.51. The van der Waals surface area contributed by atoms with Gasteiger partial charge in [-0.05, 0) is 42.2 Å². The molecule has 2 rings (SSSR count). The molecule has 0 unspecified atom stereocenters. The summed E-state index contributed by atoms with van der Waals surface area (Å²) in [7, 11) is 0. The maximum Gasteiger partial charge on any atom is 0.122 e. The molecule has 2 aromatic rings. The van der Waals surface area contributed by atoms with E-state index in [1.54, 1.807) is 0 Å². The van der Waals surface area contributed by atoms with Crippen LogP contribution >= 0.6 is 11.6 Å². The lowest BCUT2D eigenvalue weighted by atomic mass is 10.0. The van der Waals surface area contributed by atoms with Gasteiger partial charge >= 0.3 is 0 Å². The molecule has 21 heavy (non-hydrogen) atoms. The maximum absolute atomic E-state index is 6.10. The molecule has 0 aromatic heterocycles. The van der Waals surface area contributed by atoms with Gasteiger partial charge in [0.05, 0.1) is 10.7 Å². The van der Waals surface area contributed by atoms with Gasteiger partial charge in [0, 0.05) is 6.54 Å². The van der Waals surface area contributed by atoms with Crippen molar-refractivity contribution in [1.29, 1.82) is 0 Å². The van der Waals surface area contributed by atoms with Crippen molar-refractivity contribution < 1.29 is 4.74 Å². The predicted octanol–water partition coefficient (Wildman–Crippen LogP) is 5.26. The van der Waals surface area contributed by atoms with Gasteiger partial charge in [-0.25, -0.2) is 0 Å². The molecule has 0 saturated heterocycles. The van der Waals surface area contributed by atoms with Gasteiger partial charge < -0.3 is 10.1 Å². The molecule has 2 aromatic carbocycles. The second-order valence-corrected chi connectivity index (χ2v) is 5.84. The zero-order valence-corrected chi connectivity index (χ0v) is 13.6. The molecule has 0 bridgehead atoms. The Morgan fingerprint density at radius 1 is 1.14 bits per heavy atom. The highest BCUT2D eigenvalue weighted by Gasteiger charge is 2.05. The largest absolute Gasteiger partial charge is 0.491 e. The zero-order valence-electron chi connectivity index (χ0n) is 12.8. The summed E-state index contributed by atoms with van der Waals surface area (Å²) < 4.78 is 5.88. The molecule has 3 heteroatoms. The second kappa shape index (κ2) is 7.37. The minimum atomic E-state index is 0.509. The van der Waals surface area contributed by atoms with E-state index in [-0.39, 0.29) is 0 Å². The van der Waals surface area contributed by atoms with E-state index >= 15 is 0 Å². The molecule has 0 radical (unpaired) electrons. The number of hydrogen-bond acceptors (Lipinski definition) is 2. The lowest BCUT2D eigenvalue weighted by molar-refractivity contribution is 0.330. The van der Waals surface area contributed by atoms with Gasteiger partial charge in [-0.2, -0.15) is 0 Å². The van der Waals surface area contributed by atoms with Crippen molar-refractivity contribution >= 4 is 17.3 Å². The van der Waals surface area contributed by atoms with Crippen LogP contribution in [0.4, 0.5) is 5.69 Å². The van der Waals surface area contributed by atoms with E-state index < -0.39 is 0 Å². The Morgan fingerprint density at radius 2 is 1.90 bits per heavy atom. The van der Waals surface area contributed by atoms with Crippen LogP contribution in [0.2, 0.25) is 5.02 Å². The number of halogens is 1. The molecule has 0 aliphatic rings. The Labute approximate surface area is 132 Å². The van der Waals surface area contributed by atoms with E-state index in [0.717, 1.165) is 28.6 Å². The van der Waals surface area contributed by atoms with Gasteiger partial charge in [-0.3, -0.25) is 0 Å². The summed E-state index contributed by atoms with van der Waals surface area (Å²) in [6.45, 7) is 7.77. The first-order valence-corrected chi connectivity index (χ1v) is 7.67. The summed E-state index contributed by atoms with van der Waals surface area (Å²) >= 11 is 6.10. The van der Waals surface area contributed by atoms with Crippen molar-refractivity contribution in [2.45, 2.75) is 26.7 Å². The highest BCUT2D eigenvalue weighted by molar-refractivity contribution is 6.33. The number of benzene rings is 2. The molecule has 2 nitrogen and oxygen atoms in total. The minimum Gasteiger partial charge on any atom is -0.491 e. The summed E-state index contributed by atoms with van der Waals surface area (Å²) in [5.74, 6) is 1.47. The van der Waals surface area contributed by atoms with E-state index in [2.05, 4.69) is 44.3 Å². The Morgan fingerprint density at radius 3 is 2.62 bits per heavy atom. The van der Waals surface area contributed by atoms with E-state index in [1.807, 2.05) is 24.3 Å². The van der Waals surface area contributed by atoms with Gasteiger partial charge in [-0.1, -0.05) is 49.7 Å². The molecule has 0 heterocycles. The van der Waals surface area contributed by atoms with Crippen LogP contribution in [0.3, 0.4) is 0 Å². The molecular weight excluding hydrogens is 282 g/mol. The first-order valence-electron chi connectivity index (χ1n) is 7.29. The molecule has 0 atom stereocenters. The van der Waals surface area contributed by atoms with Gasteiger partial charge in [0.15, 0.2) is 0 Å². The van der Waals surface area contributed by atoms with Crippen molar-refractivity contribution in [1.82, 2.24) is 0 Å². The summed E-state index contributed by atoms with van der Waals surface area (Å²) in [6.07, 6.45) is 0. The average Bonchev–Trinajstić information content (AvgIpc) is 2.46. The topological polar surface area (TPSA) is 21.3 Å². The standard InChI is InChI=1S/C18H22ClNO/c1-13(2)15-9-8-14(3)18(12-15)21-11-10-20-17-7-5-4-6-16(17)19/h4-9,12-13,20H,10-11H2,1-3H3. The van der Waals surface area contributed by atoms with Crippen molar-refractivity contribution in [3.63, 3.8) is 0 Å². The van der Waals surface area contributed by atoms with Crippen molar-refractivity contribution in [2.24, 2.45) is 0 Å². The van der Waals surface area contributed by atoms with Crippen LogP contribution in [0.25, 0.3) is 0 Å². The molecular formula is C18H22ClNO. The Bertz CT molecular complexity index is 596. The van der Waals surface area contributed by atoms with Gasteiger partial charge in [0.2, 0.25) is 0 Å². The number of rotatable bonds is 6. The third-order valence-electron chi connectivity index (χ3n) is 3.43. The fourth-order valence-electron chi connectivity index (χ4n) is 2.08. The third-order valence-corrected chi connectivity index (χ3v) is 3.76. The number of aryl methyl sites for hydroxylation is 1. The first-order chi connectivity index (χ1) is 10.1. The monoisotopic (exact) mass is 303 g/mol. The fraction of sp³-hybridized carbons (Fsp3) is 0.333. The van der Waals surface area contributed by atoms with Crippen molar-refractivity contribution in [2.75, 3.05) is 18.5 Å². The van der Waals surface area contributed by atoms with Crippen molar-refractivity contribution in [3.8, 4) is 5.75 Å².